The van der Waals surface area contributed by atoms with E-state index in [1.807, 2.05) is 0 Å². The molecule has 0 atom stereocenters. The number of hydrogen-bond acceptors (Lipinski definition) is 3. The fourth-order valence-corrected chi connectivity index (χ4v) is 0.869. The molecule has 2 heterocycles. The van der Waals surface area contributed by atoms with Crippen LogP contribution in [0.15, 0.2) is 23.1 Å². The molecular formula is C6H5N3O. The smallest absolute Gasteiger partial charge is 0.230 e. The zero-order chi connectivity index (χ0) is 6.97. The van der Waals surface area contributed by atoms with E-state index in [2.05, 4.69) is 5.10 Å². The molecule has 50 valence electrons. The lowest BCUT2D eigenvalue weighted by molar-refractivity contribution is 0.600. The summed E-state index contributed by atoms with van der Waals surface area (Å²) in [5.74, 6) is 0. The van der Waals surface area contributed by atoms with Crippen LogP contribution in [0.2, 0.25) is 0 Å². The molecule has 4 nitrogen and oxygen atoms in total. The first-order valence-electron chi connectivity index (χ1n) is 2.83. The van der Waals surface area contributed by atoms with Crippen molar-refractivity contribution in [2.75, 3.05) is 0 Å². The van der Waals surface area contributed by atoms with Gasteiger partial charge in [0.2, 0.25) is 12.1 Å². The molecule has 0 aliphatic rings. The lowest BCUT2D eigenvalue weighted by Gasteiger charge is -1.77. The van der Waals surface area contributed by atoms with E-state index in [1.54, 1.807) is 16.8 Å². The Labute approximate surface area is 56.6 Å². The van der Waals surface area contributed by atoms with Crippen LogP contribution in [0.3, 0.4) is 0 Å². The molecule has 0 aromatic carbocycles. The van der Waals surface area contributed by atoms with E-state index in [1.165, 1.54) is 12.6 Å². The van der Waals surface area contributed by atoms with Gasteiger partial charge in [0.05, 0.1) is 5.56 Å². The number of nitrogens with one attached hydrogen (secondary N) is 1. The van der Waals surface area contributed by atoms with E-state index in [-0.39, 0.29) is 0 Å². The maximum absolute atomic E-state index is 6.96. The minimum absolute atomic E-state index is 0.620. The molecule has 2 aromatic rings. The SMILES string of the molecule is N=Cc1ccn2ncoc12. The molecule has 0 unspecified atom stereocenters. The van der Waals surface area contributed by atoms with Crippen molar-refractivity contribution in [2.24, 2.45) is 0 Å². The summed E-state index contributed by atoms with van der Waals surface area (Å²) < 4.78 is 6.56. The molecule has 0 aliphatic carbocycles. The maximum atomic E-state index is 6.96. The van der Waals surface area contributed by atoms with Crippen LogP contribution in [0.5, 0.6) is 0 Å². The number of fused-ring (bicyclic) bond motifs is 1. The van der Waals surface area contributed by atoms with Crippen LogP contribution in [0.25, 0.3) is 5.71 Å². The van der Waals surface area contributed by atoms with Gasteiger partial charge in [0, 0.05) is 12.4 Å². The van der Waals surface area contributed by atoms with Gasteiger partial charge in [-0.25, -0.2) is 4.52 Å². The first-order chi connectivity index (χ1) is 4.92. The van der Waals surface area contributed by atoms with Crippen molar-refractivity contribution in [1.29, 1.82) is 5.41 Å². The van der Waals surface area contributed by atoms with Crippen molar-refractivity contribution in [3.8, 4) is 0 Å². The predicted octanol–water partition coefficient (Wildman–Crippen LogP) is 0.925. The molecule has 0 radical (unpaired) electrons. The Morgan fingerprint density at radius 2 is 2.60 bits per heavy atom. The Kier molecular flexibility index (Phi) is 0.887. The molecule has 1 N–H and O–H groups in total. The maximum Gasteiger partial charge on any atom is 0.230 e. The van der Waals surface area contributed by atoms with Crippen LogP contribution in [0, 0.1) is 5.41 Å². The van der Waals surface area contributed by atoms with E-state index in [9.17, 15) is 0 Å². The number of hydrogen-bond donors (Lipinski definition) is 1. The summed E-state index contributed by atoms with van der Waals surface area (Å²) in [6.45, 7) is 0. The Morgan fingerprint density at radius 1 is 1.70 bits per heavy atom. The van der Waals surface area contributed by atoms with Gasteiger partial charge in [-0.15, -0.1) is 5.10 Å². The highest BCUT2D eigenvalue weighted by Crippen LogP contribution is 2.07. The van der Waals surface area contributed by atoms with Crippen molar-refractivity contribution in [3.05, 3.63) is 24.2 Å². The zero-order valence-corrected chi connectivity index (χ0v) is 5.11. The number of aromatic nitrogens is 2. The number of rotatable bonds is 1. The highest BCUT2D eigenvalue weighted by Gasteiger charge is 2.01. The average molecular weight is 135 g/mol. The summed E-state index contributed by atoms with van der Waals surface area (Å²) in [6, 6.07) is 1.78. The van der Waals surface area contributed by atoms with Gasteiger partial charge in [0.1, 0.15) is 0 Å². The molecule has 0 bridgehead atoms. The van der Waals surface area contributed by atoms with Gasteiger partial charge in [-0.1, -0.05) is 0 Å². The van der Waals surface area contributed by atoms with Crippen molar-refractivity contribution in [3.63, 3.8) is 0 Å². The highest BCUT2D eigenvalue weighted by atomic mass is 16.4. The third-order valence-corrected chi connectivity index (χ3v) is 1.34. The molecule has 0 aliphatic heterocycles. The average Bonchev–Trinajstić information content (AvgIpc) is 2.44. The number of nitrogens with zero attached hydrogens (tertiary/aromatic N) is 2. The summed E-state index contributed by atoms with van der Waals surface area (Å²) in [4.78, 5) is 0. The summed E-state index contributed by atoms with van der Waals surface area (Å²) >= 11 is 0. The van der Waals surface area contributed by atoms with E-state index in [0.29, 0.717) is 5.71 Å². The van der Waals surface area contributed by atoms with Gasteiger partial charge in [-0.2, -0.15) is 0 Å². The third kappa shape index (κ3) is 0.500. The fraction of sp³-hybridized carbons (Fsp3) is 0. The van der Waals surface area contributed by atoms with Gasteiger partial charge < -0.3 is 9.83 Å². The molecule has 4 heteroatoms. The molecule has 10 heavy (non-hydrogen) atoms. The molecular weight excluding hydrogens is 130 g/mol. The second-order valence-electron chi connectivity index (χ2n) is 1.90. The van der Waals surface area contributed by atoms with E-state index < -0.39 is 0 Å². The van der Waals surface area contributed by atoms with E-state index in [0.717, 1.165) is 5.56 Å². The zero-order valence-electron chi connectivity index (χ0n) is 5.11. The second kappa shape index (κ2) is 1.70. The fourth-order valence-electron chi connectivity index (χ4n) is 0.869. The molecule has 2 aromatic heterocycles. The van der Waals surface area contributed by atoms with E-state index >= 15 is 0 Å². The highest BCUT2D eigenvalue weighted by molar-refractivity contribution is 5.84. The van der Waals surface area contributed by atoms with Crippen molar-refractivity contribution in [1.82, 2.24) is 9.61 Å². The molecule has 0 spiro atoms. The lowest BCUT2D eigenvalue weighted by Crippen LogP contribution is -1.77. The Morgan fingerprint density at radius 3 is 3.40 bits per heavy atom. The first-order valence-corrected chi connectivity index (χ1v) is 2.83. The first kappa shape index (κ1) is 5.22. The van der Waals surface area contributed by atoms with Crippen LogP contribution in [0.4, 0.5) is 0 Å². The topological polar surface area (TPSA) is 54.3 Å². The molecule has 0 fully saturated rings. The standard InChI is InChI=1S/C6H5N3O/c7-3-5-1-2-9-6(5)10-4-8-9/h1-4,7H. The molecule has 0 saturated heterocycles. The quantitative estimate of drug-likeness (QED) is 0.591. The minimum Gasteiger partial charge on any atom is -0.425 e. The van der Waals surface area contributed by atoms with Gasteiger partial charge in [-0.05, 0) is 6.07 Å². The van der Waals surface area contributed by atoms with Crippen molar-refractivity contribution < 1.29 is 4.42 Å². The summed E-state index contributed by atoms with van der Waals surface area (Å²) in [7, 11) is 0. The monoisotopic (exact) mass is 135 g/mol. The van der Waals surface area contributed by atoms with Crippen molar-refractivity contribution in [2.45, 2.75) is 0 Å². The predicted molar refractivity (Wildman–Crippen MR) is 35.3 cm³/mol. The van der Waals surface area contributed by atoms with Gasteiger partial charge >= 0.3 is 0 Å². The third-order valence-electron chi connectivity index (χ3n) is 1.34. The Hall–Kier alpha value is -1.58. The van der Waals surface area contributed by atoms with Crippen LogP contribution >= 0.6 is 0 Å². The largest absolute Gasteiger partial charge is 0.425 e. The summed E-state index contributed by atoms with van der Waals surface area (Å²) in [5, 5.41) is 10.8. The molecule has 2 rings (SSSR count). The van der Waals surface area contributed by atoms with Crippen molar-refractivity contribution >= 4 is 11.9 Å². The summed E-state index contributed by atoms with van der Waals surface area (Å²) in [6.07, 6.45) is 4.34. The van der Waals surface area contributed by atoms with Gasteiger partial charge in [0.15, 0.2) is 0 Å². The van der Waals surface area contributed by atoms with Crippen LogP contribution < -0.4 is 0 Å². The lowest BCUT2D eigenvalue weighted by atomic mass is 10.4. The van der Waals surface area contributed by atoms with Gasteiger partial charge in [-0.3, -0.25) is 0 Å². The second-order valence-corrected chi connectivity index (χ2v) is 1.90. The molecule has 0 saturated carbocycles. The minimum atomic E-state index is 0.620. The van der Waals surface area contributed by atoms with E-state index in [4.69, 9.17) is 9.83 Å². The van der Waals surface area contributed by atoms with Gasteiger partial charge in [0.25, 0.3) is 0 Å². The Balaban J connectivity index is 2.88. The Bertz CT molecular complexity index is 360. The van der Waals surface area contributed by atoms with Crippen LogP contribution in [0.1, 0.15) is 5.56 Å². The summed E-state index contributed by atoms with van der Waals surface area (Å²) in [5.41, 5.74) is 1.37. The molecule has 0 amide bonds. The van der Waals surface area contributed by atoms with Crippen LogP contribution in [-0.4, -0.2) is 15.8 Å². The normalized spacial score (nSPS) is 10.4. The van der Waals surface area contributed by atoms with Crippen LogP contribution in [-0.2, 0) is 0 Å².